The monoisotopic (exact) mass is 851 g/mol. The molecule has 1 aliphatic carbocycles. The zero-order valence-electron chi connectivity index (χ0n) is 34.0. The normalized spacial score (nSPS) is 18.8. The van der Waals surface area contributed by atoms with E-state index in [-0.39, 0.29) is 28.5 Å². The van der Waals surface area contributed by atoms with Crippen LogP contribution in [0.5, 0.6) is 11.5 Å². The van der Waals surface area contributed by atoms with Gasteiger partial charge in [-0.05, 0) is 116 Å². The summed E-state index contributed by atoms with van der Waals surface area (Å²) in [5.41, 5.74) is 5.93. The molecule has 3 heterocycles. The largest absolute Gasteiger partial charge is 0.456 e. The molecule has 60 heavy (non-hydrogen) atoms. The summed E-state index contributed by atoms with van der Waals surface area (Å²) in [7, 11) is -2.56. The summed E-state index contributed by atoms with van der Waals surface area (Å²) >= 11 is 6.24. The van der Waals surface area contributed by atoms with Gasteiger partial charge in [-0.25, -0.2) is 13.1 Å². The number of anilines is 2. The molecule has 3 aliphatic rings. The van der Waals surface area contributed by atoms with E-state index in [9.17, 15) is 23.3 Å². The Morgan fingerprint density at radius 3 is 2.50 bits per heavy atom. The van der Waals surface area contributed by atoms with Crippen molar-refractivity contribution in [3.8, 4) is 11.5 Å². The number of aromatic amines is 1. The Labute approximate surface area is 355 Å². The van der Waals surface area contributed by atoms with E-state index in [1.165, 1.54) is 28.8 Å². The zero-order valence-corrected chi connectivity index (χ0v) is 35.6. The molecular formula is C45H50ClN7O6S. The Bertz CT molecular complexity index is 2570. The molecule has 1 aromatic heterocycles. The maximum absolute atomic E-state index is 13.9. The van der Waals surface area contributed by atoms with Crippen LogP contribution in [0.25, 0.3) is 16.5 Å². The number of sulfonamides is 1. The number of hydrogen-bond acceptors (Lipinski definition) is 10. The topological polar surface area (TPSA) is 153 Å². The second-order valence-electron chi connectivity index (χ2n) is 17.0. The first-order valence-corrected chi connectivity index (χ1v) is 22.2. The molecule has 1 atom stereocenters. The second-order valence-corrected chi connectivity index (χ2v) is 19.1. The van der Waals surface area contributed by atoms with Crippen LogP contribution in [0.2, 0.25) is 5.02 Å². The standard InChI is InChI=1S/C45H50ClN7O6S/c1-45(2)17-14-32(39(27-45)30-4-6-33(46)7-5-30)28-51-20-22-52(23-21-51)35-8-11-38(43(25-35)59-36-9-12-40-31(24-36)15-18-47-40)44(54)49-60(57,58)37-10-13-41(42(26-37)53(55)56)48-34-16-19-50(3)29-34/h4-13,15,18,24-26,34,47-48H,14,16-17,19-23,27-29H2,1-3H3,(H,49,54). The number of amides is 1. The van der Waals surface area contributed by atoms with Crippen molar-refractivity contribution in [1.82, 2.24) is 19.5 Å². The lowest BCUT2D eigenvalue weighted by Crippen LogP contribution is -2.47. The van der Waals surface area contributed by atoms with Crippen LogP contribution in [0.3, 0.4) is 0 Å². The molecule has 4 aromatic carbocycles. The number of carbonyl (C=O) groups excluding carboxylic acids is 1. The zero-order chi connectivity index (χ0) is 42.2. The number of nitrogens with one attached hydrogen (secondary N) is 3. The number of fused-ring (bicyclic) bond motifs is 1. The van der Waals surface area contributed by atoms with E-state index in [4.69, 9.17) is 16.3 Å². The van der Waals surface area contributed by atoms with Crippen molar-refractivity contribution in [3.05, 3.63) is 123 Å². The highest BCUT2D eigenvalue weighted by atomic mass is 35.5. The fourth-order valence-corrected chi connectivity index (χ4v) is 9.67. The number of hydrogen-bond donors (Lipinski definition) is 3. The van der Waals surface area contributed by atoms with E-state index < -0.39 is 31.4 Å². The van der Waals surface area contributed by atoms with Crippen LogP contribution in [-0.4, -0.2) is 92.9 Å². The Hall–Kier alpha value is -5.41. The fourth-order valence-electron chi connectivity index (χ4n) is 8.56. The number of H-pyrrole nitrogens is 1. The van der Waals surface area contributed by atoms with Crippen LogP contribution in [0.15, 0.2) is 102 Å². The van der Waals surface area contributed by atoms with Crippen molar-refractivity contribution >= 4 is 61.1 Å². The number of ether oxygens (including phenoxy) is 1. The number of nitrogens with zero attached hydrogens (tertiary/aromatic N) is 4. The molecule has 2 aliphatic heterocycles. The third-order valence-electron chi connectivity index (χ3n) is 11.9. The van der Waals surface area contributed by atoms with Crippen LogP contribution >= 0.6 is 11.6 Å². The molecule has 0 bridgehead atoms. The number of likely N-dealkylation sites (N-methyl/N-ethyl adjacent to an activating group) is 1. The third-order valence-corrected chi connectivity index (χ3v) is 13.5. The molecule has 0 radical (unpaired) electrons. The van der Waals surface area contributed by atoms with Gasteiger partial charge in [-0.1, -0.05) is 43.2 Å². The summed E-state index contributed by atoms with van der Waals surface area (Å²) in [5, 5.41) is 16.9. The van der Waals surface area contributed by atoms with Crippen molar-refractivity contribution in [2.24, 2.45) is 5.41 Å². The number of aromatic nitrogens is 1. The van der Waals surface area contributed by atoms with Gasteiger partial charge in [-0.15, -0.1) is 0 Å². The first-order chi connectivity index (χ1) is 28.7. The Kier molecular flexibility index (Phi) is 11.7. The van der Waals surface area contributed by atoms with Crippen molar-refractivity contribution < 1.29 is 22.9 Å². The lowest BCUT2D eigenvalue weighted by atomic mass is 9.72. The molecule has 0 saturated carbocycles. The molecule has 2 fully saturated rings. The molecule has 8 rings (SSSR count). The van der Waals surface area contributed by atoms with Crippen LogP contribution in [0.4, 0.5) is 17.1 Å². The van der Waals surface area contributed by atoms with E-state index in [0.29, 0.717) is 12.3 Å². The molecule has 15 heteroatoms. The minimum atomic E-state index is -4.53. The van der Waals surface area contributed by atoms with Crippen LogP contribution in [0.1, 0.15) is 55.5 Å². The predicted octanol–water partition coefficient (Wildman–Crippen LogP) is 8.54. The van der Waals surface area contributed by atoms with Gasteiger partial charge in [-0.2, -0.15) is 0 Å². The van der Waals surface area contributed by atoms with Gasteiger partial charge >= 0.3 is 0 Å². The number of rotatable bonds is 12. The summed E-state index contributed by atoms with van der Waals surface area (Å²) in [6, 6.07) is 24.3. The molecule has 314 valence electrons. The number of piperazine rings is 1. The van der Waals surface area contributed by atoms with Gasteiger partial charge in [0, 0.05) is 85.3 Å². The predicted molar refractivity (Wildman–Crippen MR) is 237 cm³/mol. The SMILES string of the molecule is CN1CCC(Nc2ccc(S(=O)(=O)NC(=O)c3ccc(N4CCN(CC5=C(c6ccc(Cl)cc6)CC(C)(C)CC5)CC4)cc3Oc3ccc4[nH]ccc4c3)cc2[N+](=O)[O-])C1. The first-order valence-electron chi connectivity index (χ1n) is 20.3. The highest BCUT2D eigenvalue weighted by Gasteiger charge is 2.31. The van der Waals surface area contributed by atoms with Crippen LogP contribution in [-0.2, 0) is 10.0 Å². The molecular weight excluding hydrogens is 802 g/mol. The maximum Gasteiger partial charge on any atom is 0.293 e. The average Bonchev–Trinajstić information content (AvgIpc) is 3.87. The molecule has 0 spiro atoms. The number of allylic oxidation sites excluding steroid dienone is 1. The van der Waals surface area contributed by atoms with Gasteiger partial charge in [0.15, 0.2) is 0 Å². The summed E-state index contributed by atoms with van der Waals surface area (Å²) < 4.78 is 35.8. The highest BCUT2D eigenvalue weighted by molar-refractivity contribution is 7.90. The second kappa shape index (κ2) is 16.9. The summed E-state index contributed by atoms with van der Waals surface area (Å²) in [6.07, 6.45) is 5.84. The molecule has 13 nitrogen and oxygen atoms in total. The van der Waals surface area contributed by atoms with E-state index in [0.717, 1.165) is 92.6 Å². The van der Waals surface area contributed by atoms with Crippen molar-refractivity contribution in [2.45, 2.75) is 50.5 Å². The van der Waals surface area contributed by atoms with Gasteiger partial charge < -0.3 is 24.8 Å². The molecule has 3 N–H and O–H groups in total. The minimum absolute atomic E-state index is 0.00449. The Balaban J connectivity index is 1.01. The summed E-state index contributed by atoms with van der Waals surface area (Å²) in [5.74, 6) is -0.288. The highest BCUT2D eigenvalue weighted by Crippen LogP contribution is 2.43. The summed E-state index contributed by atoms with van der Waals surface area (Å²) in [6.45, 7) is 10.3. The number of nitro benzene ring substituents is 1. The number of carbonyl (C=O) groups is 1. The number of halogens is 1. The first kappa shape index (κ1) is 41.3. The molecule has 1 unspecified atom stereocenters. The smallest absolute Gasteiger partial charge is 0.293 e. The molecule has 2 saturated heterocycles. The molecule has 1 amide bonds. The van der Waals surface area contributed by atoms with E-state index >= 15 is 0 Å². The van der Waals surface area contributed by atoms with E-state index in [2.05, 4.69) is 55.7 Å². The van der Waals surface area contributed by atoms with Gasteiger partial charge in [-0.3, -0.25) is 19.8 Å². The van der Waals surface area contributed by atoms with Gasteiger partial charge in [0.1, 0.15) is 17.2 Å². The van der Waals surface area contributed by atoms with Gasteiger partial charge in [0.2, 0.25) is 0 Å². The van der Waals surface area contributed by atoms with Crippen molar-refractivity contribution in [2.75, 3.05) is 63.1 Å². The van der Waals surface area contributed by atoms with Gasteiger partial charge in [0.25, 0.3) is 21.6 Å². The average molecular weight is 852 g/mol. The quantitative estimate of drug-likeness (QED) is 0.0823. The number of benzene rings is 4. The van der Waals surface area contributed by atoms with Crippen LogP contribution in [0, 0.1) is 15.5 Å². The number of likely N-dealkylation sites (tertiary alicyclic amines) is 1. The minimum Gasteiger partial charge on any atom is -0.456 e. The van der Waals surface area contributed by atoms with E-state index in [1.54, 1.807) is 24.3 Å². The van der Waals surface area contributed by atoms with Crippen molar-refractivity contribution in [3.63, 3.8) is 0 Å². The van der Waals surface area contributed by atoms with Gasteiger partial charge in [0.05, 0.1) is 15.4 Å². The molecule has 5 aromatic rings. The number of nitro groups is 1. The summed E-state index contributed by atoms with van der Waals surface area (Å²) in [4.78, 5) is 35.0. The van der Waals surface area contributed by atoms with Crippen LogP contribution < -0.4 is 19.7 Å². The Morgan fingerprint density at radius 1 is 0.983 bits per heavy atom. The lowest BCUT2D eigenvalue weighted by molar-refractivity contribution is -0.384. The fraction of sp³-hybridized carbons (Fsp3) is 0.356. The lowest BCUT2D eigenvalue weighted by Gasteiger charge is -2.39. The maximum atomic E-state index is 13.9. The third kappa shape index (κ3) is 9.31. The van der Waals surface area contributed by atoms with Crippen molar-refractivity contribution in [1.29, 1.82) is 0 Å². The van der Waals surface area contributed by atoms with E-state index in [1.807, 2.05) is 43.6 Å². The Morgan fingerprint density at radius 2 is 1.77 bits per heavy atom.